The van der Waals surface area contributed by atoms with E-state index in [1.807, 2.05) is 26.0 Å². The molecule has 3 rings (SSSR count). The lowest BCUT2D eigenvalue weighted by Gasteiger charge is -2.20. The van der Waals surface area contributed by atoms with Gasteiger partial charge in [-0.05, 0) is 48.7 Å². The van der Waals surface area contributed by atoms with Crippen LogP contribution in [-0.2, 0) is 21.4 Å². The first-order valence-corrected chi connectivity index (χ1v) is 10.3. The summed E-state index contributed by atoms with van der Waals surface area (Å²) < 4.78 is 36.0. The number of hydrogen-bond acceptors (Lipinski definition) is 5. The minimum absolute atomic E-state index is 0.0652. The Morgan fingerprint density at radius 3 is 2.63 bits per heavy atom. The fraction of sp³-hybridized carbons (Fsp3) is 0.316. The normalized spacial score (nSPS) is 13.0. The highest BCUT2D eigenvalue weighted by atomic mass is 32.2. The molecule has 1 amide bonds. The Morgan fingerprint density at radius 2 is 1.89 bits per heavy atom. The van der Waals surface area contributed by atoms with Crippen LogP contribution < -0.4 is 14.8 Å². The Balaban J connectivity index is 1.73. The highest BCUT2D eigenvalue weighted by Gasteiger charge is 2.22. The minimum atomic E-state index is -3.58. The largest absolute Gasteiger partial charge is 0.454 e. The summed E-state index contributed by atoms with van der Waals surface area (Å²) in [5.74, 6) is 0.799. The molecule has 27 heavy (non-hydrogen) atoms. The Labute approximate surface area is 158 Å². The van der Waals surface area contributed by atoms with Crippen LogP contribution in [0.25, 0.3) is 0 Å². The van der Waals surface area contributed by atoms with Crippen LogP contribution in [0.15, 0.2) is 36.4 Å². The number of nitrogens with zero attached hydrogens (tertiary/aromatic N) is 1. The van der Waals surface area contributed by atoms with Crippen molar-refractivity contribution in [3.05, 3.63) is 53.1 Å². The summed E-state index contributed by atoms with van der Waals surface area (Å²) in [6, 6.07) is 10.8. The van der Waals surface area contributed by atoms with Crippen LogP contribution in [0.1, 0.15) is 16.7 Å². The van der Waals surface area contributed by atoms with E-state index < -0.39 is 15.9 Å². The third kappa shape index (κ3) is 4.58. The number of rotatable bonds is 6. The molecule has 7 nitrogen and oxygen atoms in total. The lowest BCUT2D eigenvalue weighted by Crippen LogP contribution is -2.37. The van der Waals surface area contributed by atoms with E-state index in [1.54, 1.807) is 24.3 Å². The quantitative estimate of drug-likeness (QED) is 0.819. The van der Waals surface area contributed by atoms with E-state index in [0.717, 1.165) is 21.7 Å². The van der Waals surface area contributed by atoms with Crippen molar-refractivity contribution in [1.29, 1.82) is 0 Å². The van der Waals surface area contributed by atoms with Crippen LogP contribution in [0.5, 0.6) is 11.5 Å². The molecule has 1 aliphatic rings. The molecule has 0 saturated heterocycles. The van der Waals surface area contributed by atoms with Crippen molar-refractivity contribution in [2.45, 2.75) is 20.4 Å². The van der Waals surface area contributed by atoms with E-state index in [4.69, 9.17) is 9.47 Å². The van der Waals surface area contributed by atoms with Crippen molar-refractivity contribution in [3.8, 4) is 11.5 Å². The molecule has 0 saturated carbocycles. The Morgan fingerprint density at radius 1 is 1.15 bits per heavy atom. The van der Waals surface area contributed by atoms with Crippen molar-refractivity contribution in [1.82, 2.24) is 4.31 Å². The first-order valence-electron chi connectivity index (χ1n) is 8.44. The van der Waals surface area contributed by atoms with E-state index in [2.05, 4.69) is 5.32 Å². The van der Waals surface area contributed by atoms with Crippen molar-refractivity contribution in [2.75, 3.05) is 24.9 Å². The molecule has 0 aliphatic carbocycles. The van der Waals surface area contributed by atoms with E-state index in [9.17, 15) is 13.2 Å². The lowest BCUT2D eigenvalue weighted by atomic mass is 10.1. The first-order chi connectivity index (χ1) is 12.7. The van der Waals surface area contributed by atoms with Gasteiger partial charge in [-0.2, -0.15) is 4.31 Å². The summed E-state index contributed by atoms with van der Waals surface area (Å²) >= 11 is 0. The summed E-state index contributed by atoms with van der Waals surface area (Å²) in [6.45, 7) is 3.79. The zero-order chi connectivity index (χ0) is 19.6. The molecular formula is C19H22N2O5S. The number of carbonyl (C=O) groups excluding carboxylic acids is 1. The molecule has 0 fully saturated rings. The summed E-state index contributed by atoms with van der Waals surface area (Å²) in [7, 11) is -3.58. The van der Waals surface area contributed by atoms with E-state index in [0.29, 0.717) is 22.7 Å². The van der Waals surface area contributed by atoms with Crippen molar-refractivity contribution < 1.29 is 22.7 Å². The highest BCUT2D eigenvalue weighted by Crippen LogP contribution is 2.33. The maximum Gasteiger partial charge on any atom is 0.239 e. The number of nitrogens with one attached hydrogen (secondary N) is 1. The number of fused-ring (bicyclic) bond motifs is 1. The SMILES string of the molecule is Cc1cccc(NC(=O)CN(Cc2ccc3c(c2)OCO3)S(C)(=O)=O)c1C. The predicted octanol–water partition coefficient (Wildman–Crippen LogP) is 2.43. The Bertz CT molecular complexity index is 972. The third-order valence-electron chi connectivity index (χ3n) is 4.46. The molecule has 1 heterocycles. The molecule has 144 valence electrons. The highest BCUT2D eigenvalue weighted by molar-refractivity contribution is 7.88. The van der Waals surface area contributed by atoms with Crippen LogP contribution in [0, 0.1) is 13.8 Å². The van der Waals surface area contributed by atoms with Gasteiger partial charge in [0.05, 0.1) is 12.8 Å². The zero-order valence-electron chi connectivity index (χ0n) is 15.5. The number of sulfonamides is 1. The molecule has 2 aromatic carbocycles. The van der Waals surface area contributed by atoms with E-state index >= 15 is 0 Å². The molecular weight excluding hydrogens is 368 g/mol. The summed E-state index contributed by atoms with van der Waals surface area (Å²) in [5.41, 5.74) is 3.39. The maximum atomic E-state index is 12.4. The second-order valence-electron chi connectivity index (χ2n) is 6.51. The summed E-state index contributed by atoms with van der Waals surface area (Å²) in [6.07, 6.45) is 1.09. The average molecular weight is 390 g/mol. The van der Waals surface area contributed by atoms with E-state index in [-0.39, 0.29) is 19.9 Å². The monoisotopic (exact) mass is 390 g/mol. The van der Waals surface area contributed by atoms with Gasteiger partial charge in [0.25, 0.3) is 0 Å². The van der Waals surface area contributed by atoms with Gasteiger partial charge >= 0.3 is 0 Å². The van der Waals surface area contributed by atoms with Gasteiger partial charge < -0.3 is 14.8 Å². The Hall–Kier alpha value is -2.58. The van der Waals surface area contributed by atoms with Gasteiger partial charge in [0.1, 0.15) is 0 Å². The topological polar surface area (TPSA) is 84.9 Å². The van der Waals surface area contributed by atoms with Crippen LogP contribution in [0.4, 0.5) is 5.69 Å². The first kappa shape index (κ1) is 19.2. The molecule has 0 aromatic heterocycles. The number of benzene rings is 2. The van der Waals surface area contributed by atoms with Crippen molar-refractivity contribution in [3.63, 3.8) is 0 Å². The number of aryl methyl sites for hydroxylation is 1. The van der Waals surface area contributed by atoms with E-state index in [1.165, 1.54) is 0 Å². The lowest BCUT2D eigenvalue weighted by molar-refractivity contribution is -0.116. The molecule has 0 spiro atoms. The maximum absolute atomic E-state index is 12.4. The minimum Gasteiger partial charge on any atom is -0.454 e. The second-order valence-corrected chi connectivity index (χ2v) is 8.50. The number of hydrogen-bond donors (Lipinski definition) is 1. The second kappa shape index (κ2) is 7.58. The standard InChI is InChI=1S/C19H22N2O5S/c1-13-5-4-6-16(14(13)2)20-19(22)11-21(27(3,23)24)10-15-7-8-17-18(9-15)26-12-25-17/h4-9H,10-12H2,1-3H3,(H,20,22). The van der Waals surface area contributed by atoms with Crippen LogP contribution in [-0.4, -0.2) is 38.2 Å². The molecule has 0 atom stereocenters. The van der Waals surface area contributed by atoms with Crippen molar-refractivity contribution in [2.24, 2.45) is 0 Å². The van der Waals surface area contributed by atoms with Crippen molar-refractivity contribution >= 4 is 21.6 Å². The van der Waals surface area contributed by atoms with Gasteiger partial charge in [-0.15, -0.1) is 0 Å². The Kier molecular flexibility index (Phi) is 5.38. The third-order valence-corrected chi connectivity index (χ3v) is 5.66. The smallest absolute Gasteiger partial charge is 0.239 e. The molecule has 1 aliphatic heterocycles. The van der Waals surface area contributed by atoms with Gasteiger partial charge in [0.15, 0.2) is 11.5 Å². The van der Waals surface area contributed by atoms with Gasteiger partial charge in [-0.25, -0.2) is 8.42 Å². The number of carbonyl (C=O) groups is 1. The fourth-order valence-electron chi connectivity index (χ4n) is 2.77. The average Bonchev–Trinajstić information content (AvgIpc) is 3.05. The fourth-order valence-corrected chi connectivity index (χ4v) is 3.51. The number of ether oxygens (including phenoxy) is 2. The van der Waals surface area contributed by atoms with Gasteiger partial charge in [0, 0.05) is 12.2 Å². The molecule has 0 unspecified atom stereocenters. The van der Waals surface area contributed by atoms with Gasteiger partial charge in [-0.1, -0.05) is 18.2 Å². The van der Waals surface area contributed by atoms with Gasteiger partial charge in [0.2, 0.25) is 22.7 Å². The number of amides is 1. The predicted molar refractivity (Wildman–Crippen MR) is 102 cm³/mol. The summed E-state index contributed by atoms with van der Waals surface area (Å²) in [5, 5.41) is 2.79. The zero-order valence-corrected chi connectivity index (χ0v) is 16.3. The summed E-state index contributed by atoms with van der Waals surface area (Å²) in [4.78, 5) is 12.4. The molecule has 8 heteroatoms. The molecule has 2 aromatic rings. The van der Waals surface area contributed by atoms with Gasteiger partial charge in [-0.3, -0.25) is 4.79 Å². The number of anilines is 1. The van der Waals surface area contributed by atoms with Crippen LogP contribution in [0.3, 0.4) is 0 Å². The molecule has 0 radical (unpaired) electrons. The molecule has 0 bridgehead atoms. The molecule has 1 N–H and O–H groups in total. The van der Waals surface area contributed by atoms with Crippen LogP contribution in [0.2, 0.25) is 0 Å². The van der Waals surface area contributed by atoms with Crippen LogP contribution >= 0.6 is 0 Å².